The summed E-state index contributed by atoms with van der Waals surface area (Å²) in [6, 6.07) is 0. The van der Waals surface area contributed by atoms with Crippen LogP contribution in [-0.2, 0) is 61.3 Å². The van der Waals surface area contributed by atoms with Crippen molar-refractivity contribution < 1.29 is 61.3 Å². The zero-order valence-corrected chi connectivity index (χ0v) is 8.44. The monoisotopic (exact) mass is 231 g/mol. The fourth-order valence-electron chi connectivity index (χ4n) is 0. The first-order valence-corrected chi connectivity index (χ1v) is 0. The minimum absolute atomic E-state index is 0. The van der Waals surface area contributed by atoms with E-state index >= 15 is 0 Å². The van der Waals surface area contributed by atoms with Crippen molar-refractivity contribution in [3.8, 4) is 0 Å². The summed E-state index contributed by atoms with van der Waals surface area (Å²) in [5.41, 5.74) is 0. The van der Waals surface area contributed by atoms with Crippen LogP contribution in [0.4, 0.5) is 0 Å². The molecule has 0 aromatic rings. The van der Waals surface area contributed by atoms with Crippen LogP contribution in [0.25, 0.3) is 0 Å². The van der Waals surface area contributed by atoms with Crippen molar-refractivity contribution in [1.82, 2.24) is 0 Å². The number of rotatable bonds is 0. The first kappa shape index (κ1) is 32.2. The summed E-state index contributed by atoms with van der Waals surface area (Å²) in [7, 11) is 0. The fraction of sp³-hybridized carbons (Fsp3) is 0. The predicted octanol–water partition coefficient (Wildman–Crippen LogP) is 0.0506. The molecule has 23 valence electrons. The van der Waals surface area contributed by atoms with Crippen molar-refractivity contribution in [3.05, 3.63) is 0 Å². The second kappa shape index (κ2) is 18.1. The maximum absolute atomic E-state index is 0. The van der Waals surface area contributed by atoms with Crippen LogP contribution in [0.15, 0.2) is 0 Å². The molecule has 0 rings (SSSR count). The molecule has 0 heterocycles. The van der Waals surface area contributed by atoms with Crippen molar-refractivity contribution in [2.24, 2.45) is 0 Å². The average Bonchev–Trinajstić information content (AvgIpc) is 0. The summed E-state index contributed by atoms with van der Waals surface area (Å²) in [6.07, 6.45) is 0. The molecule has 0 saturated carbocycles. The fourth-order valence-corrected chi connectivity index (χ4v) is 0. The SMILES string of the molecule is P.[Mo].[Ti].[V]. The van der Waals surface area contributed by atoms with Crippen LogP contribution < -0.4 is 0 Å². The molecular formula is H3MoPTiV. The van der Waals surface area contributed by atoms with Gasteiger partial charge in [0, 0.05) is 61.3 Å². The largest absolute Gasteiger partial charge is 0.153 e. The van der Waals surface area contributed by atoms with E-state index in [1.165, 1.54) is 0 Å². The molecule has 0 fully saturated rings. The molecule has 0 aliphatic rings. The first-order valence-electron chi connectivity index (χ1n) is 0. The van der Waals surface area contributed by atoms with E-state index in [1.54, 1.807) is 0 Å². The zero-order valence-electron chi connectivity index (χ0n) is 2.06. The molecule has 0 spiro atoms. The standard InChI is InChI=1S/Mo.H3P.Ti.V/h;1H3;;. The minimum Gasteiger partial charge on any atom is -0.153 e. The number of hydrogen-bond donors (Lipinski definition) is 0. The van der Waals surface area contributed by atoms with E-state index in [9.17, 15) is 0 Å². The molecule has 0 amide bonds. The summed E-state index contributed by atoms with van der Waals surface area (Å²) in [5.74, 6) is 0. The van der Waals surface area contributed by atoms with Crippen LogP contribution in [0, 0.1) is 0 Å². The molecule has 0 aliphatic heterocycles. The van der Waals surface area contributed by atoms with E-state index in [4.69, 9.17) is 0 Å². The van der Waals surface area contributed by atoms with Gasteiger partial charge < -0.3 is 0 Å². The van der Waals surface area contributed by atoms with E-state index < -0.39 is 0 Å². The van der Waals surface area contributed by atoms with E-state index in [0.717, 1.165) is 0 Å². The topological polar surface area (TPSA) is 0 Å². The molecule has 0 N–H and O–H groups in total. The Labute approximate surface area is 70.5 Å². The van der Waals surface area contributed by atoms with Gasteiger partial charge in [-0.15, -0.1) is 0 Å². The van der Waals surface area contributed by atoms with Crippen LogP contribution >= 0.6 is 9.90 Å². The Bertz CT molecular complexity index is 8.00. The molecule has 0 aliphatic carbocycles. The van der Waals surface area contributed by atoms with Gasteiger partial charge in [0.15, 0.2) is 0 Å². The summed E-state index contributed by atoms with van der Waals surface area (Å²) in [4.78, 5) is 0. The van der Waals surface area contributed by atoms with Crippen molar-refractivity contribution in [3.63, 3.8) is 0 Å². The van der Waals surface area contributed by atoms with Gasteiger partial charge in [0.25, 0.3) is 0 Å². The Kier molecular flexibility index (Phi) is 146. The Hall–Kier alpha value is 2.42. The average molecular weight is 229 g/mol. The molecule has 0 saturated heterocycles. The molecule has 1 unspecified atom stereocenters. The third-order valence-corrected chi connectivity index (χ3v) is 0. The molecule has 0 aromatic heterocycles. The van der Waals surface area contributed by atoms with Gasteiger partial charge in [-0.25, -0.2) is 0 Å². The van der Waals surface area contributed by atoms with Crippen LogP contribution in [0.1, 0.15) is 0 Å². The van der Waals surface area contributed by atoms with Crippen molar-refractivity contribution in [2.75, 3.05) is 0 Å². The molecule has 1 radical (unpaired) electrons. The quantitative estimate of drug-likeness (QED) is 0.406. The summed E-state index contributed by atoms with van der Waals surface area (Å²) >= 11 is 0. The Morgan fingerprint density at radius 3 is 1.00 bits per heavy atom. The summed E-state index contributed by atoms with van der Waals surface area (Å²) in [5, 5.41) is 0. The van der Waals surface area contributed by atoms with Crippen LogP contribution in [0.3, 0.4) is 0 Å². The smallest absolute Gasteiger partial charge is 0 e. The third kappa shape index (κ3) is 8.83. The molecular weight excluding hydrogens is 226 g/mol. The van der Waals surface area contributed by atoms with Crippen molar-refractivity contribution in [1.29, 1.82) is 0 Å². The Morgan fingerprint density at radius 2 is 1.00 bits per heavy atom. The van der Waals surface area contributed by atoms with E-state index in [2.05, 4.69) is 0 Å². The molecule has 0 nitrogen and oxygen atoms in total. The molecule has 0 aromatic carbocycles. The second-order valence-electron chi connectivity index (χ2n) is 0. The predicted molar refractivity (Wildman–Crippen MR) is 11.1 cm³/mol. The molecule has 0 bridgehead atoms. The second-order valence-corrected chi connectivity index (χ2v) is 0. The van der Waals surface area contributed by atoms with Gasteiger partial charge >= 0.3 is 0 Å². The van der Waals surface area contributed by atoms with E-state index in [0.29, 0.717) is 0 Å². The maximum atomic E-state index is 0. The van der Waals surface area contributed by atoms with E-state index in [-0.39, 0.29) is 71.2 Å². The van der Waals surface area contributed by atoms with Crippen molar-refractivity contribution >= 4 is 9.90 Å². The van der Waals surface area contributed by atoms with Gasteiger partial charge in [-0.2, -0.15) is 9.90 Å². The van der Waals surface area contributed by atoms with Gasteiger partial charge in [0.05, 0.1) is 0 Å². The molecule has 4 heavy (non-hydrogen) atoms. The van der Waals surface area contributed by atoms with Crippen LogP contribution in [0.2, 0.25) is 0 Å². The maximum Gasteiger partial charge on any atom is 0 e. The van der Waals surface area contributed by atoms with Gasteiger partial charge in [-0.3, -0.25) is 0 Å². The molecule has 1 atom stereocenters. The van der Waals surface area contributed by atoms with Crippen molar-refractivity contribution in [2.45, 2.75) is 0 Å². The Morgan fingerprint density at radius 1 is 1.00 bits per heavy atom. The first-order chi connectivity index (χ1) is 0. The van der Waals surface area contributed by atoms with E-state index in [1.807, 2.05) is 0 Å². The van der Waals surface area contributed by atoms with Crippen LogP contribution in [0.5, 0.6) is 0 Å². The van der Waals surface area contributed by atoms with Gasteiger partial charge in [0.2, 0.25) is 0 Å². The zero-order chi connectivity index (χ0) is 0. The normalized spacial score (nSPS) is 0. The van der Waals surface area contributed by atoms with Gasteiger partial charge in [-0.1, -0.05) is 0 Å². The number of hydrogen-bond acceptors (Lipinski definition) is 0. The summed E-state index contributed by atoms with van der Waals surface area (Å²) < 4.78 is 0. The molecule has 4 heteroatoms. The van der Waals surface area contributed by atoms with Gasteiger partial charge in [-0.05, 0) is 0 Å². The van der Waals surface area contributed by atoms with Crippen LogP contribution in [-0.4, -0.2) is 0 Å². The summed E-state index contributed by atoms with van der Waals surface area (Å²) in [6.45, 7) is 0. The Balaban J connectivity index is 0. The van der Waals surface area contributed by atoms with Gasteiger partial charge in [0.1, 0.15) is 0 Å². The minimum atomic E-state index is 0. The third-order valence-electron chi connectivity index (χ3n) is 0.